The standard InChI is InChI=1S/C9H10O2S/c1-12(2)8-5-3-7(4-6-8)9(10)11/h3-6H,1-2H3. The number of carbonyl (C=O) groups excluding carboxylic acids is 1. The molecule has 0 fully saturated rings. The van der Waals surface area contributed by atoms with Crippen LogP contribution >= 0.6 is 0 Å². The van der Waals surface area contributed by atoms with Crippen LogP contribution in [0.25, 0.3) is 0 Å². The highest BCUT2D eigenvalue weighted by Crippen LogP contribution is 2.09. The van der Waals surface area contributed by atoms with Crippen molar-refractivity contribution in [3.05, 3.63) is 29.8 Å². The zero-order valence-corrected chi connectivity index (χ0v) is 7.85. The summed E-state index contributed by atoms with van der Waals surface area (Å²) < 4.78 is 0. The van der Waals surface area contributed by atoms with Crippen LogP contribution in [0.1, 0.15) is 10.4 Å². The Morgan fingerprint density at radius 2 is 1.75 bits per heavy atom. The molecule has 3 heteroatoms. The number of carboxylic acids is 1. The summed E-state index contributed by atoms with van der Waals surface area (Å²) in [6, 6.07) is 6.82. The highest BCUT2D eigenvalue weighted by atomic mass is 32.2. The van der Waals surface area contributed by atoms with Gasteiger partial charge in [-0.25, -0.2) is 0 Å². The monoisotopic (exact) mass is 182 g/mol. The summed E-state index contributed by atoms with van der Waals surface area (Å²) in [5.74, 6) is -1.12. The van der Waals surface area contributed by atoms with Crippen molar-refractivity contribution in [2.45, 2.75) is 4.90 Å². The van der Waals surface area contributed by atoms with E-state index in [2.05, 4.69) is 12.5 Å². The molecule has 0 aliphatic heterocycles. The third-order valence-corrected chi connectivity index (χ3v) is 2.78. The molecular weight excluding hydrogens is 172 g/mol. The van der Waals surface area contributed by atoms with E-state index in [4.69, 9.17) is 0 Å². The molecule has 0 aliphatic carbocycles. The molecule has 0 saturated carbocycles. The molecule has 0 bridgehead atoms. The first-order chi connectivity index (χ1) is 5.61. The normalized spacial score (nSPS) is 10.2. The van der Waals surface area contributed by atoms with Gasteiger partial charge in [0.25, 0.3) is 0 Å². The SMILES string of the molecule is C[S+](C)c1ccc(C(=O)[O-])cc1. The minimum absolute atomic E-state index is 0.186. The first-order valence-corrected chi connectivity index (χ1v) is 5.54. The number of carbonyl (C=O) groups is 1. The molecule has 0 heterocycles. The Morgan fingerprint density at radius 1 is 1.25 bits per heavy atom. The summed E-state index contributed by atoms with van der Waals surface area (Å²) in [6.45, 7) is 0. The van der Waals surface area contributed by atoms with Gasteiger partial charge in [0.05, 0.1) is 5.97 Å². The number of rotatable bonds is 2. The van der Waals surface area contributed by atoms with Crippen LogP contribution in [0.5, 0.6) is 0 Å². The lowest BCUT2D eigenvalue weighted by Crippen LogP contribution is -2.22. The molecular formula is C9H10O2S. The van der Waals surface area contributed by atoms with Gasteiger partial charge in [-0.2, -0.15) is 0 Å². The molecule has 0 unspecified atom stereocenters. The summed E-state index contributed by atoms with van der Waals surface area (Å²) in [5, 5.41) is 10.4. The molecule has 0 amide bonds. The van der Waals surface area contributed by atoms with Crippen molar-refractivity contribution < 1.29 is 9.90 Å². The van der Waals surface area contributed by atoms with Crippen molar-refractivity contribution in [3.8, 4) is 0 Å². The quantitative estimate of drug-likeness (QED) is 0.617. The highest BCUT2D eigenvalue weighted by molar-refractivity contribution is 7.95. The molecule has 0 aromatic heterocycles. The zero-order chi connectivity index (χ0) is 9.14. The van der Waals surface area contributed by atoms with Crippen molar-refractivity contribution in [1.82, 2.24) is 0 Å². The Kier molecular flexibility index (Phi) is 2.76. The number of hydrogen-bond acceptors (Lipinski definition) is 2. The minimum atomic E-state index is -1.12. The van der Waals surface area contributed by atoms with Crippen molar-refractivity contribution in [2.75, 3.05) is 12.5 Å². The molecule has 0 radical (unpaired) electrons. The summed E-state index contributed by atoms with van der Waals surface area (Å²) in [6.07, 6.45) is 4.18. The molecule has 0 atom stereocenters. The van der Waals surface area contributed by atoms with E-state index in [9.17, 15) is 9.90 Å². The van der Waals surface area contributed by atoms with Crippen molar-refractivity contribution in [3.63, 3.8) is 0 Å². The van der Waals surface area contributed by atoms with Crippen LogP contribution in [-0.2, 0) is 10.9 Å². The van der Waals surface area contributed by atoms with Crippen LogP contribution in [0.15, 0.2) is 29.2 Å². The lowest BCUT2D eigenvalue weighted by molar-refractivity contribution is -0.255. The molecule has 0 aliphatic rings. The molecule has 1 aromatic rings. The summed E-state index contributed by atoms with van der Waals surface area (Å²) in [5.41, 5.74) is 0.240. The second-order valence-corrected chi connectivity index (χ2v) is 4.73. The van der Waals surface area contributed by atoms with Gasteiger partial charge in [-0.3, -0.25) is 0 Å². The first-order valence-electron chi connectivity index (χ1n) is 3.50. The predicted octanol–water partition coefficient (Wildman–Crippen LogP) is 0.287. The van der Waals surface area contributed by atoms with Crippen molar-refractivity contribution in [1.29, 1.82) is 0 Å². The Labute approximate surface area is 74.6 Å². The lowest BCUT2D eigenvalue weighted by Gasteiger charge is -2.01. The van der Waals surface area contributed by atoms with Crippen LogP contribution in [0.3, 0.4) is 0 Å². The Bertz CT molecular complexity index is 277. The fourth-order valence-corrected chi connectivity index (χ4v) is 1.54. The number of hydrogen-bond donors (Lipinski definition) is 0. The number of carboxylic acid groups (broad SMARTS) is 1. The van der Waals surface area contributed by atoms with Gasteiger partial charge in [0.15, 0.2) is 4.90 Å². The summed E-state index contributed by atoms with van der Waals surface area (Å²) >= 11 is 0. The van der Waals surface area contributed by atoms with Crippen LogP contribution in [0, 0.1) is 0 Å². The van der Waals surface area contributed by atoms with E-state index in [1.54, 1.807) is 12.1 Å². The van der Waals surface area contributed by atoms with E-state index >= 15 is 0 Å². The Morgan fingerprint density at radius 3 is 2.08 bits per heavy atom. The summed E-state index contributed by atoms with van der Waals surface area (Å²) in [4.78, 5) is 11.5. The minimum Gasteiger partial charge on any atom is -0.545 e. The van der Waals surface area contributed by atoms with Gasteiger partial charge in [0.2, 0.25) is 0 Å². The number of aromatic carboxylic acids is 1. The average Bonchev–Trinajstić information content (AvgIpc) is 2.04. The highest BCUT2D eigenvalue weighted by Gasteiger charge is 2.06. The summed E-state index contributed by atoms with van der Waals surface area (Å²) in [7, 11) is 0.186. The third kappa shape index (κ3) is 2.01. The fourth-order valence-electron chi connectivity index (χ4n) is 0.863. The van der Waals surface area contributed by atoms with Gasteiger partial charge >= 0.3 is 0 Å². The van der Waals surface area contributed by atoms with Crippen LogP contribution < -0.4 is 5.11 Å². The van der Waals surface area contributed by atoms with Gasteiger partial charge in [-0.15, -0.1) is 0 Å². The first kappa shape index (κ1) is 9.13. The maximum atomic E-state index is 10.4. The predicted molar refractivity (Wildman–Crippen MR) is 48.3 cm³/mol. The molecule has 0 spiro atoms. The maximum absolute atomic E-state index is 10.4. The maximum Gasteiger partial charge on any atom is 0.154 e. The topological polar surface area (TPSA) is 40.1 Å². The van der Waals surface area contributed by atoms with E-state index in [1.807, 2.05) is 12.1 Å². The Balaban J connectivity index is 2.93. The van der Waals surface area contributed by atoms with Gasteiger partial charge in [0.1, 0.15) is 12.5 Å². The van der Waals surface area contributed by atoms with E-state index in [-0.39, 0.29) is 16.5 Å². The van der Waals surface area contributed by atoms with Gasteiger partial charge in [0, 0.05) is 10.9 Å². The lowest BCUT2D eigenvalue weighted by atomic mass is 10.2. The average molecular weight is 182 g/mol. The number of benzene rings is 1. The largest absolute Gasteiger partial charge is 0.545 e. The van der Waals surface area contributed by atoms with E-state index in [0.717, 1.165) is 0 Å². The molecule has 2 nitrogen and oxygen atoms in total. The third-order valence-electron chi connectivity index (χ3n) is 1.56. The zero-order valence-electron chi connectivity index (χ0n) is 7.03. The Hall–Kier alpha value is -0.960. The van der Waals surface area contributed by atoms with Crippen molar-refractivity contribution >= 4 is 16.9 Å². The van der Waals surface area contributed by atoms with E-state index in [1.165, 1.54) is 4.90 Å². The van der Waals surface area contributed by atoms with Gasteiger partial charge < -0.3 is 9.90 Å². The van der Waals surface area contributed by atoms with Gasteiger partial charge in [-0.05, 0) is 29.8 Å². The molecule has 1 rings (SSSR count). The second kappa shape index (κ2) is 3.63. The van der Waals surface area contributed by atoms with Crippen LogP contribution in [0.2, 0.25) is 0 Å². The van der Waals surface area contributed by atoms with E-state index in [0.29, 0.717) is 0 Å². The fraction of sp³-hybridized carbons (Fsp3) is 0.222. The molecule has 0 N–H and O–H groups in total. The molecule has 64 valence electrons. The van der Waals surface area contributed by atoms with Crippen LogP contribution in [-0.4, -0.2) is 18.5 Å². The van der Waals surface area contributed by atoms with Crippen LogP contribution in [0.4, 0.5) is 0 Å². The molecule has 1 aromatic carbocycles. The van der Waals surface area contributed by atoms with Gasteiger partial charge in [-0.1, -0.05) is 0 Å². The second-order valence-electron chi connectivity index (χ2n) is 2.63. The molecule has 0 saturated heterocycles. The van der Waals surface area contributed by atoms with Crippen molar-refractivity contribution in [2.24, 2.45) is 0 Å². The smallest absolute Gasteiger partial charge is 0.154 e. The van der Waals surface area contributed by atoms with E-state index < -0.39 is 5.97 Å². The molecule has 12 heavy (non-hydrogen) atoms.